The molecular formula is C15H12N2O2S. The van der Waals surface area contributed by atoms with Crippen LogP contribution in [-0.4, -0.2) is 23.0 Å². The summed E-state index contributed by atoms with van der Waals surface area (Å²) in [6.45, 7) is 0. The van der Waals surface area contributed by atoms with E-state index in [1.807, 2.05) is 47.8 Å². The molecule has 5 heteroatoms. The summed E-state index contributed by atoms with van der Waals surface area (Å²) in [5.74, 6) is 0.223. The van der Waals surface area contributed by atoms with Crippen molar-refractivity contribution in [2.45, 2.75) is 0 Å². The second kappa shape index (κ2) is 5.30. The zero-order valence-corrected chi connectivity index (χ0v) is 11.6. The number of ether oxygens (including phenoxy) is 1. The number of aromatic amines is 1. The lowest BCUT2D eigenvalue weighted by Crippen LogP contribution is -2.03. The van der Waals surface area contributed by atoms with Gasteiger partial charge in [0, 0.05) is 5.56 Å². The van der Waals surface area contributed by atoms with Crippen LogP contribution in [0.3, 0.4) is 0 Å². The highest BCUT2D eigenvalue weighted by atomic mass is 32.1. The number of aromatic nitrogens is 2. The quantitative estimate of drug-likeness (QED) is 0.748. The van der Waals surface area contributed by atoms with Crippen molar-refractivity contribution >= 4 is 17.3 Å². The fourth-order valence-electron chi connectivity index (χ4n) is 1.95. The first-order valence-corrected chi connectivity index (χ1v) is 6.95. The molecule has 20 heavy (non-hydrogen) atoms. The Morgan fingerprint density at radius 3 is 2.65 bits per heavy atom. The predicted molar refractivity (Wildman–Crippen MR) is 78.7 cm³/mol. The van der Waals surface area contributed by atoms with Gasteiger partial charge in [0.05, 0.1) is 17.7 Å². The van der Waals surface area contributed by atoms with Gasteiger partial charge >= 0.3 is 5.97 Å². The number of carbonyl (C=O) groups excluding carboxylic acids is 1. The molecule has 0 amide bonds. The van der Waals surface area contributed by atoms with E-state index >= 15 is 0 Å². The highest BCUT2D eigenvalue weighted by molar-refractivity contribution is 7.13. The molecule has 0 atom stereocenters. The Morgan fingerprint density at radius 2 is 2.00 bits per heavy atom. The van der Waals surface area contributed by atoms with Crippen LogP contribution in [0, 0.1) is 0 Å². The molecule has 100 valence electrons. The summed E-state index contributed by atoms with van der Waals surface area (Å²) < 4.78 is 4.81. The Hall–Kier alpha value is -2.40. The lowest BCUT2D eigenvalue weighted by atomic mass is 10.2. The number of esters is 1. The van der Waals surface area contributed by atoms with Gasteiger partial charge in [0.25, 0.3) is 0 Å². The van der Waals surface area contributed by atoms with Gasteiger partial charge in [-0.1, -0.05) is 36.4 Å². The Balaban J connectivity index is 2.14. The van der Waals surface area contributed by atoms with Crippen molar-refractivity contribution in [1.29, 1.82) is 0 Å². The van der Waals surface area contributed by atoms with E-state index in [-0.39, 0.29) is 0 Å². The van der Waals surface area contributed by atoms with E-state index < -0.39 is 5.97 Å². The number of rotatable bonds is 3. The van der Waals surface area contributed by atoms with Gasteiger partial charge in [-0.25, -0.2) is 9.78 Å². The number of carbonyl (C=O) groups is 1. The van der Waals surface area contributed by atoms with Gasteiger partial charge in [0.1, 0.15) is 5.82 Å². The lowest BCUT2D eigenvalue weighted by molar-refractivity contribution is 0.0596. The van der Waals surface area contributed by atoms with Crippen LogP contribution < -0.4 is 0 Å². The summed E-state index contributed by atoms with van der Waals surface area (Å²) in [5.41, 5.74) is 1.94. The van der Waals surface area contributed by atoms with Crippen LogP contribution in [0.5, 0.6) is 0 Å². The maximum atomic E-state index is 11.9. The average Bonchev–Trinajstić information content (AvgIpc) is 3.16. The van der Waals surface area contributed by atoms with Crippen LogP contribution in [-0.2, 0) is 4.74 Å². The number of nitrogens with zero attached hydrogens (tertiary/aromatic N) is 1. The summed E-state index contributed by atoms with van der Waals surface area (Å²) in [7, 11) is 1.36. The van der Waals surface area contributed by atoms with E-state index in [9.17, 15) is 4.79 Å². The minimum atomic E-state index is -0.438. The standard InChI is InChI=1S/C15H12N2O2S/c1-19-15(18)13-12(11-8-5-9-20-11)16-14(17-13)10-6-3-2-4-7-10/h2-9H,1H3,(H,16,17). The van der Waals surface area contributed by atoms with E-state index in [2.05, 4.69) is 9.97 Å². The monoisotopic (exact) mass is 284 g/mol. The third-order valence-electron chi connectivity index (χ3n) is 2.90. The second-order valence-corrected chi connectivity index (χ2v) is 5.09. The third kappa shape index (κ3) is 2.23. The van der Waals surface area contributed by atoms with Crippen LogP contribution in [0.4, 0.5) is 0 Å². The minimum Gasteiger partial charge on any atom is -0.464 e. The molecular weight excluding hydrogens is 272 g/mol. The van der Waals surface area contributed by atoms with Crippen LogP contribution >= 0.6 is 11.3 Å². The normalized spacial score (nSPS) is 10.4. The molecule has 3 aromatic rings. The molecule has 0 saturated carbocycles. The van der Waals surface area contributed by atoms with Gasteiger partial charge in [-0.2, -0.15) is 0 Å². The molecule has 4 nitrogen and oxygen atoms in total. The molecule has 0 spiro atoms. The minimum absolute atomic E-state index is 0.314. The summed E-state index contributed by atoms with van der Waals surface area (Å²) >= 11 is 1.55. The Labute approximate surface area is 120 Å². The van der Waals surface area contributed by atoms with E-state index in [0.717, 1.165) is 10.4 Å². The van der Waals surface area contributed by atoms with Crippen LogP contribution in [0.25, 0.3) is 22.0 Å². The fourth-order valence-corrected chi connectivity index (χ4v) is 2.68. The summed E-state index contributed by atoms with van der Waals surface area (Å²) in [5, 5.41) is 1.96. The van der Waals surface area contributed by atoms with Crippen LogP contribution in [0.1, 0.15) is 10.5 Å². The van der Waals surface area contributed by atoms with Crippen molar-refractivity contribution in [3.05, 3.63) is 53.5 Å². The van der Waals surface area contributed by atoms with Gasteiger partial charge in [0.2, 0.25) is 0 Å². The molecule has 1 N–H and O–H groups in total. The van der Waals surface area contributed by atoms with Crippen molar-refractivity contribution in [3.63, 3.8) is 0 Å². The Kier molecular flexibility index (Phi) is 3.35. The number of imidazole rings is 1. The molecule has 1 aromatic carbocycles. The molecule has 0 radical (unpaired) electrons. The predicted octanol–water partition coefficient (Wildman–Crippen LogP) is 3.59. The van der Waals surface area contributed by atoms with E-state index in [4.69, 9.17) is 4.74 Å². The zero-order chi connectivity index (χ0) is 13.9. The van der Waals surface area contributed by atoms with E-state index in [1.54, 1.807) is 11.3 Å². The molecule has 0 bridgehead atoms. The fraction of sp³-hybridized carbons (Fsp3) is 0.0667. The van der Waals surface area contributed by atoms with Crippen LogP contribution in [0.15, 0.2) is 47.8 Å². The molecule has 0 fully saturated rings. The molecule has 0 saturated heterocycles. The number of hydrogen-bond acceptors (Lipinski definition) is 4. The van der Waals surface area contributed by atoms with Gasteiger partial charge in [-0.15, -0.1) is 11.3 Å². The van der Waals surface area contributed by atoms with Crippen molar-refractivity contribution in [3.8, 4) is 22.0 Å². The van der Waals surface area contributed by atoms with Crippen molar-refractivity contribution in [1.82, 2.24) is 9.97 Å². The molecule has 0 unspecified atom stereocenters. The molecule has 0 aliphatic rings. The smallest absolute Gasteiger partial charge is 0.358 e. The first-order chi connectivity index (χ1) is 9.79. The lowest BCUT2D eigenvalue weighted by Gasteiger charge is -1.97. The molecule has 0 aliphatic carbocycles. The number of H-pyrrole nitrogens is 1. The zero-order valence-electron chi connectivity index (χ0n) is 10.8. The average molecular weight is 284 g/mol. The molecule has 0 aliphatic heterocycles. The van der Waals surface area contributed by atoms with Gasteiger partial charge in [-0.3, -0.25) is 0 Å². The van der Waals surface area contributed by atoms with Crippen molar-refractivity contribution in [2.24, 2.45) is 0 Å². The number of nitrogens with one attached hydrogen (secondary N) is 1. The summed E-state index contributed by atoms with van der Waals surface area (Å²) in [6, 6.07) is 13.6. The Morgan fingerprint density at radius 1 is 1.20 bits per heavy atom. The van der Waals surface area contributed by atoms with Gasteiger partial charge in [0.15, 0.2) is 5.69 Å². The third-order valence-corrected chi connectivity index (χ3v) is 3.78. The SMILES string of the molecule is COC(=O)c1nc(-c2ccccc2)[nH]c1-c1cccs1. The number of hydrogen-bond donors (Lipinski definition) is 1. The van der Waals surface area contributed by atoms with Crippen LogP contribution in [0.2, 0.25) is 0 Å². The highest BCUT2D eigenvalue weighted by Crippen LogP contribution is 2.29. The number of thiophene rings is 1. The maximum absolute atomic E-state index is 11.9. The van der Waals surface area contributed by atoms with E-state index in [0.29, 0.717) is 17.2 Å². The molecule has 3 rings (SSSR count). The second-order valence-electron chi connectivity index (χ2n) is 4.14. The number of methoxy groups -OCH3 is 1. The molecule has 2 aromatic heterocycles. The van der Waals surface area contributed by atoms with Crippen molar-refractivity contribution < 1.29 is 9.53 Å². The summed E-state index contributed by atoms with van der Waals surface area (Å²) in [4.78, 5) is 20.4. The van der Waals surface area contributed by atoms with Gasteiger partial charge < -0.3 is 9.72 Å². The van der Waals surface area contributed by atoms with Crippen molar-refractivity contribution in [2.75, 3.05) is 7.11 Å². The summed E-state index contributed by atoms with van der Waals surface area (Å²) in [6.07, 6.45) is 0. The Bertz CT molecular complexity index is 718. The largest absolute Gasteiger partial charge is 0.464 e. The van der Waals surface area contributed by atoms with Gasteiger partial charge in [-0.05, 0) is 11.4 Å². The number of benzene rings is 1. The maximum Gasteiger partial charge on any atom is 0.358 e. The topological polar surface area (TPSA) is 55.0 Å². The first kappa shape index (κ1) is 12.6. The van der Waals surface area contributed by atoms with E-state index in [1.165, 1.54) is 7.11 Å². The molecule has 2 heterocycles. The first-order valence-electron chi connectivity index (χ1n) is 6.07. The highest BCUT2D eigenvalue weighted by Gasteiger charge is 2.20.